The number of rotatable bonds is 8. The maximum atomic E-state index is 13.9. The lowest BCUT2D eigenvalue weighted by atomic mass is 10.1. The number of anilines is 1. The van der Waals surface area contributed by atoms with Gasteiger partial charge in [-0.05, 0) is 48.9 Å². The molecule has 33 heavy (non-hydrogen) atoms. The van der Waals surface area contributed by atoms with Crippen molar-refractivity contribution in [1.82, 2.24) is 0 Å². The predicted molar refractivity (Wildman–Crippen MR) is 122 cm³/mol. The summed E-state index contributed by atoms with van der Waals surface area (Å²) in [5.41, 5.74) is 0.420. The summed E-state index contributed by atoms with van der Waals surface area (Å²) in [5.74, 6) is -1.35. The highest BCUT2D eigenvalue weighted by atomic mass is 35.5. The molecule has 5 nitrogen and oxygen atoms in total. The molecule has 1 amide bonds. The molecule has 0 heterocycles. The van der Waals surface area contributed by atoms with Crippen LogP contribution in [-0.2, 0) is 11.4 Å². The van der Waals surface area contributed by atoms with E-state index in [2.05, 4.69) is 5.32 Å². The largest absolute Gasteiger partial charge is 0.490 e. The number of amides is 1. The Bertz CT molecular complexity index is 1240. The summed E-state index contributed by atoms with van der Waals surface area (Å²) >= 11 is 6.37. The molecule has 0 unspecified atom stereocenters. The van der Waals surface area contributed by atoms with Crippen molar-refractivity contribution in [3.63, 3.8) is 0 Å². The summed E-state index contributed by atoms with van der Waals surface area (Å²) in [6.45, 7) is 1.98. The average Bonchev–Trinajstić information content (AvgIpc) is 2.79. The van der Waals surface area contributed by atoms with Crippen LogP contribution in [0.3, 0.4) is 0 Å². The Morgan fingerprint density at radius 1 is 1.09 bits per heavy atom. The maximum Gasteiger partial charge on any atom is 0.266 e. The van der Waals surface area contributed by atoms with E-state index >= 15 is 0 Å². The molecule has 3 aromatic rings. The van der Waals surface area contributed by atoms with E-state index in [1.54, 1.807) is 43.3 Å². The summed E-state index contributed by atoms with van der Waals surface area (Å²) in [6.07, 6.45) is 1.30. The van der Waals surface area contributed by atoms with Crippen molar-refractivity contribution in [2.24, 2.45) is 0 Å². The van der Waals surface area contributed by atoms with Gasteiger partial charge in [-0.1, -0.05) is 41.9 Å². The van der Waals surface area contributed by atoms with Crippen LogP contribution in [0.2, 0.25) is 5.02 Å². The molecule has 0 saturated carbocycles. The average molecular weight is 469 g/mol. The lowest BCUT2D eigenvalue weighted by Gasteiger charge is -2.15. The maximum absolute atomic E-state index is 13.9. The van der Waals surface area contributed by atoms with Crippen molar-refractivity contribution < 1.29 is 23.0 Å². The quantitative estimate of drug-likeness (QED) is 0.318. The highest BCUT2D eigenvalue weighted by Gasteiger charge is 2.16. The smallest absolute Gasteiger partial charge is 0.266 e. The van der Waals surface area contributed by atoms with Crippen LogP contribution in [0.1, 0.15) is 18.1 Å². The topological polar surface area (TPSA) is 71.3 Å². The molecule has 0 aromatic heterocycles. The van der Waals surface area contributed by atoms with Crippen molar-refractivity contribution in [2.45, 2.75) is 13.5 Å². The molecule has 1 N–H and O–H groups in total. The Morgan fingerprint density at radius 2 is 1.79 bits per heavy atom. The van der Waals surface area contributed by atoms with Gasteiger partial charge in [0.25, 0.3) is 5.91 Å². The van der Waals surface area contributed by atoms with Gasteiger partial charge in [-0.3, -0.25) is 4.79 Å². The molecule has 0 aliphatic rings. The number of nitriles is 1. The first-order valence-corrected chi connectivity index (χ1v) is 10.3. The second kappa shape index (κ2) is 11.1. The van der Waals surface area contributed by atoms with E-state index in [1.807, 2.05) is 0 Å². The number of ether oxygens (including phenoxy) is 2. The summed E-state index contributed by atoms with van der Waals surface area (Å²) in [5, 5.41) is 12.0. The number of hydrogen-bond donors (Lipinski definition) is 1. The molecule has 168 valence electrons. The van der Waals surface area contributed by atoms with Crippen molar-refractivity contribution in [1.29, 1.82) is 5.26 Å². The van der Waals surface area contributed by atoms with E-state index in [-0.39, 0.29) is 34.4 Å². The molecular formula is C25H19ClF2N2O3. The van der Waals surface area contributed by atoms with Crippen LogP contribution in [0.4, 0.5) is 14.5 Å². The van der Waals surface area contributed by atoms with Crippen LogP contribution in [0.15, 0.2) is 66.2 Å². The van der Waals surface area contributed by atoms with E-state index in [0.29, 0.717) is 17.7 Å². The van der Waals surface area contributed by atoms with Crippen molar-refractivity contribution in [2.75, 3.05) is 11.9 Å². The standard InChI is InChI=1S/C25H19ClF2N2O3/c1-2-32-23-13-16(11-18(14-29)25(31)30-22-10-6-5-9-21(22)28)12-19(26)24(23)33-15-17-7-3-4-8-20(17)27/h3-13H,2,15H2,1H3,(H,30,31)/b18-11-. The molecular weight excluding hydrogens is 450 g/mol. The third-order valence-corrected chi connectivity index (χ3v) is 4.74. The molecule has 3 aromatic carbocycles. The second-order valence-electron chi connectivity index (χ2n) is 6.75. The molecule has 0 atom stereocenters. The molecule has 0 radical (unpaired) electrons. The minimum Gasteiger partial charge on any atom is -0.490 e. The van der Waals surface area contributed by atoms with E-state index in [1.165, 1.54) is 36.4 Å². The van der Waals surface area contributed by atoms with Crippen LogP contribution < -0.4 is 14.8 Å². The number of carbonyl (C=O) groups excluding carboxylic acids is 1. The SMILES string of the molecule is CCOc1cc(/C=C(/C#N)C(=O)Nc2ccccc2F)cc(Cl)c1OCc1ccccc1F. The van der Waals surface area contributed by atoms with Gasteiger partial charge in [0.1, 0.15) is 29.9 Å². The molecule has 3 rings (SSSR count). The Labute approximate surface area is 194 Å². The Morgan fingerprint density at radius 3 is 2.45 bits per heavy atom. The molecule has 0 fully saturated rings. The Balaban J connectivity index is 1.87. The van der Waals surface area contributed by atoms with E-state index in [4.69, 9.17) is 21.1 Å². The molecule has 0 spiro atoms. The highest BCUT2D eigenvalue weighted by molar-refractivity contribution is 6.32. The van der Waals surface area contributed by atoms with E-state index < -0.39 is 17.5 Å². The summed E-state index contributed by atoms with van der Waals surface area (Å²) in [6, 6.07) is 16.6. The van der Waals surface area contributed by atoms with Crippen molar-refractivity contribution in [3.05, 3.63) is 94.0 Å². The van der Waals surface area contributed by atoms with Crippen LogP contribution in [-0.4, -0.2) is 12.5 Å². The number of carbonyl (C=O) groups is 1. The molecule has 0 aliphatic heterocycles. The van der Waals surface area contributed by atoms with Crippen LogP contribution >= 0.6 is 11.6 Å². The normalized spacial score (nSPS) is 10.9. The first-order chi connectivity index (χ1) is 15.9. The second-order valence-corrected chi connectivity index (χ2v) is 7.15. The van der Waals surface area contributed by atoms with Crippen LogP contribution in [0.5, 0.6) is 11.5 Å². The number of halogens is 3. The van der Waals surface area contributed by atoms with Gasteiger partial charge < -0.3 is 14.8 Å². The fourth-order valence-corrected chi connectivity index (χ4v) is 3.18. The van der Waals surface area contributed by atoms with Crippen molar-refractivity contribution in [3.8, 4) is 17.6 Å². The Kier molecular flexibility index (Phi) is 8.01. The monoisotopic (exact) mass is 468 g/mol. The summed E-state index contributed by atoms with van der Waals surface area (Å²) < 4.78 is 39.0. The zero-order chi connectivity index (χ0) is 23.8. The first-order valence-electron chi connectivity index (χ1n) is 9.93. The lowest BCUT2D eigenvalue weighted by Crippen LogP contribution is -2.14. The van der Waals surface area contributed by atoms with Gasteiger partial charge in [-0.25, -0.2) is 8.78 Å². The van der Waals surface area contributed by atoms with Gasteiger partial charge >= 0.3 is 0 Å². The Hall–Kier alpha value is -3.89. The molecule has 0 bridgehead atoms. The first kappa shape index (κ1) is 23.8. The third-order valence-electron chi connectivity index (χ3n) is 4.46. The zero-order valence-electron chi connectivity index (χ0n) is 17.6. The highest BCUT2D eigenvalue weighted by Crippen LogP contribution is 2.38. The van der Waals surface area contributed by atoms with Crippen molar-refractivity contribution >= 4 is 29.3 Å². The molecule has 0 aliphatic carbocycles. The van der Waals surface area contributed by atoms with Crippen LogP contribution in [0, 0.1) is 23.0 Å². The lowest BCUT2D eigenvalue weighted by molar-refractivity contribution is -0.112. The van der Waals surface area contributed by atoms with Gasteiger partial charge in [-0.2, -0.15) is 5.26 Å². The predicted octanol–water partition coefficient (Wildman–Crippen LogP) is 6.14. The fourth-order valence-electron chi connectivity index (χ4n) is 2.91. The number of hydrogen-bond acceptors (Lipinski definition) is 4. The van der Waals surface area contributed by atoms with Gasteiger partial charge in [0.05, 0.1) is 17.3 Å². The fraction of sp³-hybridized carbons (Fsp3) is 0.120. The molecule has 8 heteroatoms. The minimum atomic E-state index is -0.781. The van der Waals surface area contributed by atoms with Gasteiger partial charge in [0, 0.05) is 5.56 Å². The van der Waals surface area contributed by atoms with Crippen LogP contribution in [0.25, 0.3) is 6.08 Å². The summed E-state index contributed by atoms with van der Waals surface area (Å²) in [4.78, 5) is 12.5. The van der Waals surface area contributed by atoms with Gasteiger partial charge in [0.15, 0.2) is 11.5 Å². The van der Waals surface area contributed by atoms with Gasteiger partial charge in [-0.15, -0.1) is 0 Å². The minimum absolute atomic E-state index is 0.0476. The number of nitrogens with zero attached hydrogens (tertiary/aromatic N) is 1. The summed E-state index contributed by atoms with van der Waals surface area (Å²) in [7, 11) is 0. The zero-order valence-corrected chi connectivity index (χ0v) is 18.3. The third kappa shape index (κ3) is 6.09. The molecule has 0 saturated heterocycles. The number of benzene rings is 3. The van der Waals surface area contributed by atoms with E-state index in [9.17, 15) is 18.8 Å². The number of para-hydroxylation sites is 1. The number of nitrogens with one attached hydrogen (secondary N) is 1. The van der Waals surface area contributed by atoms with Gasteiger partial charge in [0.2, 0.25) is 0 Å². The van der Waals surface area contributed by atoms with E-state index in [0.717, 1.165) is 0 Å².